The van der Waals surface area contributed by atoms with E-state index in [4.69, 9.17) is 15.2 Å². The highest BCUT2D eigenvalue weighted by molar-refractivity contribution is 5.98. The van der Waals surface area contributed by atoms with Gasteiger partial charge in [-0.3, -0.25) is 9.59 Å². The molecule has 0 aliphatic rings. The molecule has 14 nitrogen and oxygen atoms in total. The van der Waals surface area contributed by atoms with E-state index >= 15 is 0 Å². The fourth-order valence-electron chi connectivity index (χ4n) is 3.45. The van der Waals surface area contributed by atoms with Crippen LogP contribution in [0.2, 0.25) is 0 Å². The predicted octanol–water partition coefficient (Wildman–Crippen LogP) is 1.46. The molecule has 0 saturated heterocycles. The summed E-state index contributed by atoms with van der Waals surface area (Å²) < 4.78 is 10.3. The molecule has 6 amide bonds. The molecule has 40 heavy (non-hydrogen) atoms. The van der Waals surface area contributed by atoms with E-state index in [0.29, 0.717) is 23.2 Å². The van der Waals surface area contributed by atoms with Crippen molar-refractivity contribution in [2.45, 2.75) is 78.4 Å². The van der Waals surface area contributed by atoms with Crippen molar-refractivity contribution < 1.29 is 38.6 Å². The molecule has 0 fully saturated rings. The van der Waals surface area contributed by atoms with E-state index in [-0.39, 0.29) is 32.1 Å². The molecule has 8 N–H and O–H groups in total. The third-order valence-corrected chi connectivity index (χ3v) is 5.43. The quantitative estimate of drug-likeness (QED) is 0.173. The number of primary amides is 1. The normalized spacial score (nSPS) is 12.5. The monoisotopic (exact) mass is 566 g/mol. The summed E-state index contributed by atoms with van der Waals surface area (Å²) in [5.74, 6) is -1.50. The van der Waals surface area contributed by atoms with Crippen LogP contribution in [-0.2, 0) is 32.3 Å². The van der Waals surface area contributed by atoms with E-state index in [1.807, 2.05) is 0 Å². The Morgan fingerprint density at radius 3 is 2.23 bits per heavy atom. The largest absolute Gasteiger partial charge is 0.445 e. The zero-order chi connectivity index (χ0) is 30.5. The minimum absolute atomic E-state index is 0.135. The van der Waals surface area contributed by atoms with Crippen LogP contribution in [0.1, 0.15) is 58.6 Å². The van der Waals surface area contributed by atoms with Gasteiger partial charge in [0.25, 0.3) is 0 Å². The molecular weight excluding hydrogens is 524 g/mol. The van der Waals surface area contributed by atoms with Gasteiger partial charge in [0.2, 0.25) is 11.8 Å². The highest BCUT2D eigenvalue weighted by atomic mass is 16.6. The molecule has 0 saturated carbocycles. The fourth-order valence-corrected chi connectivity index (χ4v) is 3.45. The third kappa shape index (κ3) is 12.7. The Labute approximate surface area is 234 Å². The Morgan fingerprint density at radius 1 is 1.00 bits per heavy atom. The Morgan fingerprint density at radius 2 is 1.68 bits per heavy atom. The molecule has 2 atom stereocenters. The zero-order valence-corrected chi connectivity index (χ0v) is 23.9. The molecule has 1 rings (SSSR count). The second-order valence-electron chi connectivity index (χ2n) is 10.3. The number of benzene rings is 1. The molecule has 14 heteroatoms. The summed E-state index contributed by atoms with van der Waals surface area (Å²) in [5, 5.41) is 22.3. The van der Waals surface area contributed by atoms with Gasteiger partial charge in [0.15, 0.2) is 0 Å². The highest BCUT2D eigenvalue weighted by Crippen LogP contribution is 2.18. The molecule has 0 bridgehead atoms. The van der Waals surface area contributed by atoms with Gasteiger partial charge in [-0.25, -0.2) is 14.4 Å². The second kappa shape index (κ2) is 16.1. The van der Waals surface area contributed by atoms with Gasteiger partial charge in [-0.1, -0.05) is 19.9 Å². The van der Waals surface area contributed by atoms with Crippen molar-refractivity contribution in [1.82, 2.24) is 21.3 Å². The second-order valence-corrected chi connectivity index (χ2v) is 10.3. The first kappa shape index (κ1) is 34.0. The molecule has 0 spiro atoms. The van der Waals surface area contributed by atoms with Gasteiger partial charge in [0.05, 0.1) is 6.61 Å². The van der Waals surface area contributed by atoms with Crippen LogP contribution >= 0.6 is 0 Å². The van der Waals surface area contributed by atoms with Crippen molar-refractivity contribution in [2.24, 2.45) is 11.7 Å². The molecule has 0 aliphatic heterocycles. The topological polar surface area (TPSA) is 210 Å². The summed E-state index contributed by atoms with van der Waals surface area (Å²) in [7, 11) is 1.41. The number of hydrogen-bond donors (Lipinski definition) is 7. The Hall–Kier alpha value is -4.07. The first-order valence-electron chi connectivity index (χ1n) is 12.9. The number of nitrogens with one attached hydrogen (secondary N) is 5. The first-order valence-corrected chi connectivity index (χ1v) is 12.9. The molecule has 1 aromatic rings. The number of amides is 6. The summed E-state index contributed by atoms with van der Waals surface area (Å²) in [6.07, 6.45) is -0.993. The van der Waals surface area contributed by atoms with Crippen LogP contribution in [0.15, 0.2) is 18.2 Å². The van der Waals surface area contributed by atoms with Gasteiger partial charge in [-0.05, 0) is 62.8 Å². The van der Waals surface area contributed by atoms with Crippen LogP contribution in [0.4, 0.5) is 20.1 Å². The summed E-state index contributed by atoms with van der Waals surface area (Å²) in [6.45, 7) is 8.27. The number of alkyl carbamates (subject to hydrolysis) is 2. The zero-order valence-electron chi connectivity index (χ0n) is 23.9. The van der Waals surface area contributed by atoms with E-state index in [1.165, 1.54) is 7.05 Å². The lowest BCUT2D eigenvalue weighted by molar-refractivity contribution is -0.128. The number of ether oxygens (including phenoxy) is 2. The van der Waals surface area contributed by atoms with Crippen molar-refractivity contribution in [3.63, 3.8) is 0 Å². The lowest BCUT2D eigenvalue weighted by Gasteiger charge is -2.27. The number of carbonyl (C=O) groups excluding carboxylic acids is 5. The molecule has 224 valence electrons. The fraction of sp³-hybridized carbons (Fsp3) is 0.577. The first-order chi connectivity index (χ1) is 18.7. The van der Waals surface area contributed by atoms with Crippen molar-refractivity contribution in [2.75, 3.05) is 18.9 Å². The number of nitrogens with two attached hydrogens (primary N) is 1. The molecule has 1 aromatic carbocycles. The van der Waals surface area contributed by atoms with E-state index in [1.54, 1.807) is 52.8 Å². The van der Waals surface area contributed by atoms with Crippen molar-refractivity contribution in [1.29, 1.82) is 0 Å². The van der Waals surface area contributed by atoms with Crippen LogP contribution in [0.5, 0.6) is 0 Å². The van der Waals surface area contributed by atoms with E-state index in [9.17, 15) is 29.1 Å². The smallest absolute Gasteiger partial charge is 0.408 e. The summed E-state index contributed by atoms with van der Waals surface area (Å²) in [6, 6.07) is 1.91. The average molecular weight is 567 g/mol. The number of rotatable bonds is 13. The maximum absolute atomic E-state index is 13.3. The Balaban J connectivity index is 3.09. The maximum Gasteiger partial charge on any atom is 0.408 e. The van der Waals surface area contributed by atoms with Gasteiger partial charge >= 0.3 is 18.2 Å². The van der Waals surface area contributed by atoms with Gasteiger partial charge in [-0.2, -0.15) is 0 Å². The van der Waals surface area contributed by atoms with Gasteiger partial charge in [0.1, 0.15) is 24.3 Å². The Kier molecular flexibility index (Phi) is 13.7. The Bertz CT molecular complexity index is 1040. The van der Waals surface area contributed by atoms with E-state index < -0.39 is 47.7 Å². The minimum atomic E-state index is -1.05. The molecule has 0 heterocycles. The SMILES string of the molecule is CNC(=O)OCc1cc(NC(=O)[C@H](CCCNC(N)=O)NC(=O)[C@@H](NC(=O)OC(C)(C)C)C(C)C)ccc1CO. The van der Waals surface area contributed by atoms with Crippen LogP contribution in [-0.4, -0.2) is 66.4 Å². The van der Waals surface area contributed by atoms with Crippen molar-refractivity contribution in [3.8, 4) is 0 Å². The molecule has 0 aromatic heterocycles. The molecule has 0 aliphatic carbocycles. The van der Waals surface area contributed by atoms with Gasteiger partial charge in [-0.15, -0.1) is 0 Å². The van der Waals surface area contributed by atoms with Crippen LogP contribution in [0.3, 0.4) is 0 Å². The number of anilines is 1. The van der Waals surface area contributed by atoms with Crippen molar-refractivity contribution >= 4 is 35.7 Å². The summed E-state index contributed by atoms with van der Waals surface area (Å²) in [4.78, 5) is 61.2. The number of hydrogen-bond acceptors (Lipinski definition) is 8. The molecular formula is C26H42N6O8. The van der Waals surface area contributed by atoms with Crippen LogP contribution in [0, 0.1) is 5.92 Å². The number of carbonyl (C=O) groups is 5. The summed E-state index contributed by atoms with van der Waals surface area (Å²) in [5.41, 5.74) is 5.63. The third-order valence-electron chi connectivity index (χ3n) is 5.43. The molecule has 0 unspecified atom stereocenters. The standard InChI is InChI=1S/C26H42N6O8/c1-15(2)20(32-25(38)40-26(3,4)5)22(35)31-19(8-7-11-29-23(27)36)21(34)30-18-10-9-16(13-33)17(12-18)14-39-24(37)28-6/h9-10,12,15,19-20,33H,7-8,11,13-14H2,1-6H3,(H,28,37)(H,30,34)(H,31,35)(H,32,38)(H3,27,29,36)/t19-,20-/m0/s1. The van der Waals surface area contributed by atoms with Crippen molar-refractivity contribution in [3.05, 3.63) is 29.3 Å². The highest BCUT2D eigenvalue weighted by Gasteiger charge is 2.30. The predicted molar refractivity (Wildman–Crippen MR) is 147 cm³/mol. The van der Waals surface area contributed by atoms with E-state index in [0.717, 1.165) is 0 Å². The minimum Gasteiger partial charge on any atom is -0.445 e. The number of aliphatic hydroxyl groups is 1. The summed E-state index contributed by atoms with van der Waals surface area (Å²) >= 11 is 0. The van der Waals surface area contributed by atoms with E-state index in [2.05, 4.69) is 26.6 Å². The lowest BCUT2D eigenvalue weighted by atomic mass is 10.0. The van der Waals surface area contributed by atoms with Gasteiger partial charge in [0, 0.05) is 19.3 Å². The average Bonchev–Trinajstić information content (AvgIpc) is 2.86. The van der Waals surface area contributed by atoms with Gasteiger partial charge < -0.3 is 46.9 Å². The van der Waals surface area contributed by atoms with Crippen LogP contribution < -0.4 is 32.3 Å². The molecule has 0 radical (unpaired) electrons. The van der Waals surface area contributed by atoms with Crippen LogP contribution in [0.25, 0.3) is 0 Å². The maximum atomic E-state index is 13.3. The number of urea groups is 1. The number of aliphatic hydroxyl groups excluding tert-OH is 1. The lowest BCUT2D eigenvalue weighted by Crippen LogP contribution is -2.55.